The van der Waals surface area contributed by atoms with Crippen molar-refractivity contribution in [1.82, 2.24) is 10.2 Å². The number of rotatable bonds is 5. The average molecular weight is 471 g/mol. The summed E-state index contributed by atoms with van der Waals surface area (Å²) in [5, 5.41) is 3.18. The molecular formula is C24H23ClN2O6. The Labute approximate surface area is 195 Å². The molecule has 8 nitrogen and oxygen atoms in total. The molecule has 1 N–H and O–H groups in total. The van der Waals surface area contributed by atoms with Gasteiger partial charge in [0.15, 0.2) is 5.79 Å². The molecule has 2 aromatic rings. The third-order valence-electron chi connectivity index (χ3n) is 6.14. The highest BCUT2D eigenvalue weighted by Gasteiger charge is 2.62. The molecule has 33 heavy (non-hydrogen) atoms. The Morgan fingerprint density at radius 3 is 2.39 bits per heavy atom. The number of hydrogen-bond donors (Lipinski definition) is 1. The Hall–Kier alpha value is -2.78. The lowest BCUT2D eigenvalue weighted by molar-refractivity contribution is -0.190. The molecule has 0 radical (unpaired) electrons. The summed E-state index contributed by atoms with van der Waals surface area (Å²) in [6.07, 6.45) is -1.13. The molecule has 9 heteroatoms. The van der Waals surface area contributed by atoms with Gasteiger partial charge in [0.2, 0.25) is 0 Å². The second kappa shape index (κ2) is 7.92. The molecule has 0 unspecified atom stereocenters. The van der Waals surface area contributed by atoms with Crippen LogP contribution in [-0.4, -0.2) is 65.9 Å². The zero-order valence-corrected chi connectivity index (χ0v) is 18.9. The second-order valence-corrected chi connectivity index (χ2v) is 9.29. The van der Waals surface area contributed by atoms with E-state index < -0.39 is 23.6 Å². The van der Waals surface area contributed by atoms with Gasteiger partial charge in [-0.1, -0.05) is 35.9 Å². The highest BCUT2D eigenvalue weighted by atomic mass is 35.5. The van der Waals surface area contributed by atoms with E-state index in [0.29, 0.717) is 21.7 Å². The van der Waals surface area contributed by atoms with Crippen LogP contribution in [0.4, 0.5) is 0 Å². The number of hydrogen-bond acceptors (Lipinski definition) is 6. The standard InChI is InChI=1S/C24H23ClN2O6/c1-23(2)32-19-18(11-26-20(28)16-9-5-6-10-17(16)25)31-13-24(19,33-23)12-27-21(29)14-7-3-4-8-15(14)22(27)30/h3-10,18-19H,11-13H2,1-2H3,(H,26,28)/t18-,19-,24+/m1/s1. The lowest BCUT2D eigenvalue weighted by Gasteiger charge is -2.30. The van der Waals surface area contributed by atoms with Crippen molar-refractivity contribution < 1.29 is 28.6 Å². The van der Waals surface area contributed by atoms with Gasteiger partial charge >= 0.3 is 0 Å². The number of nitrogens with zero attached hydrogens (tertiary/aromatic N) is 1. The van der Waals surface area contributed by atoms with E-state index in [2.05, 4.69) is 5.32 Å². The van der Waals surface area contributed by atoms with Crippen LogP contribution in [0, 0.1) is 0 Å². The van der Waals surface area contributed by atoms with Crippen molar-refractivity contribution in [2.75, 3.05) is 19.7 Å². The number of fused-ring (bicyclic) bond motifs is 2. The van der Waals surface area contributed by atoms with Gasteiger partial charge in [0.05, 0.1) is 34.9 Å². The van der Waals surface area contributed by atoms with Gasteiger partial charge in [0, 0.05) is 6.54 Å². The normalized spacial score (nSPS) is 27.5. The average Bonchev–Trinajstić information content (AvgIpc) is 3.33. The highest BCUT2D eigenvalue weighted by molar-refractivity contribution is 6.33. The maximum atomic E-state index is 12.9. The molecule has 3 heterocycles. The largest absolute Gasteiger partial charge is 0.370 e. The fraction of sp³-hybridized carbons (Fsp3) is 0.375. The van der Waals surface area contributed by atoms with E-state index >= 15 is 0 Å². The van der Waals surface area contributed by atoms with Crippen molar-refractivity contribution >= 4 is 29.3 Å². The van der Waals surface area contributed by atoms with Crippen LogP contribution < -0.4 is 5.32 Å². The van der Waals surface area contributed by atoms with Crippen LogP contribution in [0.5, 0.6) is 0 Å². The maximum absolute atomic E-state index is 12.9. The fourth-order valence-electron chi connectivity index (χ4n) is 4.76. The predicted molar refractivity (Wildman–Crippen MR) is 118 cm³/mol. The Morgan fingerprint density at radius 1 is 1.09 bits per heavy atom. The molecule has 172 valence electrons. The third-order valence-corrected chi connectivity index (χ3v) is 6.47. The van der Waals surface area contributed by atoms with Crippen molar-refractivity contribution in [2.24, 2.45) is 0 Å². The van der Waals surface area contributed by atoms with Crippen molar-refractivity contribution in [3.8, 4) is 0 Å². The lowest BCUT2D eigenvalue weighted by Crippen LogP contribution is -2.53. The Kier molecular flexibility index (Phi) is 5.29. The zero-order valence-electron chi connectivity index (χ0n) is 18.2. The fourth-order valence-corrected chi connectivity index (χ4v) is 4.99. The van der Waals surface area contributed by atoms with E-state index in [-0.39, 0.29) is 37.4 Å². The van der Waals surface area contributed by atoms with E-state index in [1.807, 2.05) is 0 Å². The molecule has 0 spiro atoms. The van der Waals surface area contributed by atoms with E-state index in [9.17, 15) is 14.4 Å². The van der Waals surface area contributed by atoms with Crippen LogP contribution in [0.25, 0.3) is 0 Å². The van der Waals surface area contributed by atoms with Gasteiger partial charge in [-0.25, -0.2) is 0 Å². The molecule has 3 amide bonds. The lowest BCUT2D eigenvalue weighted by atomic mass is 9.95. The monoisotopic (exact) mass is 470 g/mol. The molecule has 2 fully saturated rings. The van der Waals surface area contributed by atoms with Gasteiger partial charge in [-0.15, -0.1) is 0 Å². The summed E-state index contributed by atoms with van der Waals surface area (Å²) in [5.41, 5.74) is 0.0574. The van der Waals surface area contributed by atoms with Crippen LogP contribution in [0.1, 0.15) is 44.9 Å². The second-order valence-electron chi connectivity index (χ2n) is 8.89. The topological polar surface area (TPSA) is 94.2 Å². The first-order valence-corrected chi connectivity index (χ1v) is 11.1. The number of imide groups is 1. The molecule has 0 bridgehead atoms. The quantitative estimate of drug-likeness (QED) is 0.675. The van der Waals surface area contributed by atoms with Crippen LogP contribution in [-0.2, 0) is 14.2 Å². The summed E-state index contributed by atoms with van der Waals surface area (Å²) in [6.45, 7) is 3.80. The molecule has 3 atom stereocenters. The van der Waals surface area contributed by atoms with E-state index in [1.54, 1.807) is 62.4 Å². The summed E-state index contributed by atoms with van der Waals surface area (Å²) in [4.78, 5) is 39.6. The SMILES string of the molecule is CC1(C)O[C@@H]2[C@@H](CNC(=O)c3ccccc3Cl)OC[C@]2(CN2C(=O)c3ccccc3C2=O)O1. The minimum absolute atomic E-state index is 0.0115. The van der Waals surface area contributed by atoms with E-state index in [4.69, 9.17) is 25.8 Å². The van der Waals surface area contributed by atoms with Crippen molar-refractivity contribution in [1.29, 1.82) is 0 Å². The molecule has 2 saturated heterocycles. The number of amides is 3. The Bertz CT molecular complexity index is 1120. The van der Waals surface area contributed by atoms with E-state index in [1.165, 1.54) is 4.90 Å². The Morgan fingerprint density at radius 2 is 1.73 bits per heavy atom. The Balaban J connectivity index is 1.34. The zero-order chi connectivity index (χ0) is 23.4. The van der Waals surface area contributed by atoms with Gasteiger partial charge in [-0.2, -0.15) is 0 Å². The number of carbonyl (C=O) groups excluding carboxylic acids is 3. The first kappa shape index (κ1) is 22.0. The molecule has 3 aliphatic heterocycles. The van der Waals surface area contributed by atoms with Crippen LogP contribution in [0.15, 0.2) is 48.5 Å². The predicted octanol–water partition coefficient (Wildman–Crippen LogP) is 2.66. The summed E-state index contributed by atoms with van der Waals surface area (Å²) >= 11 is 6.12. The molecule has 2 aromatic carbocycles. The molecule has 0 aliphatic carbocycles. The minimum atomic E-state index is -1.04. The summed E-state index contributed by atoms with van der Waals surface area (Å²) in [5.74, 6) is -2.02. The summed E-state index contributed by atoms with van der Waals surface area (Å²) in [7, 11) is 0. The first-order chi connectivity index (χ1) is 15.7. The van der Waals surface area contributed by atoms with Crippen LogP contribution in [0.3, 0.4) is 0 Å². The van der Waals surface area contributed by atoms with Gasteiger partial charge in [0.1, 0.15) is 17.8 Å². The smallest absolute Gasteiger partial charge is 0.261 e. The molecule has 5 rings (SSSR count). The number of carbonyl (C=O) groups is 3. The van der Waals surface area contributed by atoms with Gasteiger partial charge in [0.25, 0.3) is 17.7 Å². The highest BCUT2D eigenvalue weighted by Crippen LogP contribution is 2.44. The summed E-state index contributed by atoms with van der Waals surface area (Å²) in [6, 6.07) is 13.5. The van der Waals surface area contributed by atoms with Crippen molar-refractivity contribution in [3.05, 3.63) is 70.2 Å². The van der Waals surface area contributed by atoms with Gasteiger partial charge in [-0.05, 0) is 38.1 Å². The summed E-state index contributed by atoms with van der Waals surface area (Å²) < 4.78 is 18.3. The third kappa shape index (κ3) is 3.73. The van der Waals surface area contributed by atoms with E-state index in [0.717, 1.165) is 0 Å². The van der Waals surface area contributed by atoms with Gasteiger partial charge < -0.3 is 19.5 Å². The maximum Gasteiger partial charge on any atom is 0.261 e. The number of halogens is 1. The molecule has 0 aromatic heterocycles. The number of ether oxygens (including phenoxy) is 3. The number of benzene rings is 2. The van der Waals surface area contributed by atoms with Crippen molar-refractivity contribution in [3.63, 3.8) is 0 Å². The van der Waals surface area contributed by atoms with Gasteiger partial charge in [-0.3, -0.25) is 19.3 Å². The molecule has 3 aliphatic rings. The number of nitrogens with one attached hydrogen (secondary N) is 1. The van der Waals surface area contributed by atoms with Crippen LogP contribution in [0.2, 0.25) is 5.02 Å². The minimum Gasteiger partial charge on any atom is -0.370 e. The molecule has 0 saturated carbocycles. The molecular weight excluding hydrogens is 448 g/mol. The van der Waals surface area contributed by atoms with Crippen molar-refractivity contribution in [2.45, 2.75) is 37.4 Å². The first-order valence-electron chi connectivity index (χ1n) is 10.7. The van der Waals surface area contributed by atoms with Crippen LogP contribution >= 0.6 is 11.6 Å².